The number of carbonyl (C=O) groups excluding carboxylic acids is 3. The summed E-state index contributed by atoms with van der Waals surface area (Å²) >= 11 is 0. The smallest absolute Gasteiger partial charge is 0.414 e. The third-order valence-corrected chi connectivity index (χ3v) is 16.0. The number of likely N-dealkylation sites (N-methyl/N-ethyl adjacent to an activating group) is 1. The number of hydrogen-bond acceptors (Lipinski definition) is 16. The number of halogens is 1. The fourth-order valence-corrected chi connectivity index (χ4v) is 11.2. The van der Waals surface area contributed by atoms with E-state index in [2.05, 4.69) is 42.1 Å². The highest BCUT2D eigenvalue weighted by Crippen LogP contribution is 2.53. The molecule has 4 fully saturated rings. The van der Waals surface area contributed by atoms with Gasteiger partial charge in [-0.3, -0.25) is 19.6 Å². The second kappa shape index (κ2) is 22.8. The number of aliphatic hydroxyl groups is 2. The van der Waals surface area contributed by atoms with Crippen molar-refractivity contribution in [3.63, 3.8) is 0 Å². The number of hydrogen-bond donors (Lipinski definition) is 5. The normalized spacial score (nSPS) is 19.5. The second-order valence-corrected chi connectivity index (χ2v) is 21.7. The maximum atomic E-state index is 16.1. The summed E-state index contributed by atoms with van der Waals surface area (Å²) < 4.78 is 41.5. The number of amides is 3. The van der Waals surface area contributed by atoms with E-state index in [-0.39, 0.29) is 68.6 Å². The molecule has 0 radical (unpaired) electrons. The van der Waals surface area contributed by atoms with Crippen LogP contribution in [0.4, 0.5) is 20.7 Å². The van der Waals surface area contributed by atoms with Gasteiger partial charge in [0, 0.05) is 72.9 Å². The molecule has 6 atom stereocenters. The molecule has 1 saturated carbocycles. The first kappa shape index (κ1) is 54.2. The highest BCUT2D eigenvalue weighted by molar-refractivity contribution is 6.06. The van der Waals surface area contributed by atoms with E-state index < -0.39 is 48.7 Å². The molecule has 0 bridgehead atoms. The van der Waals surface area contributed by atoms with E-state index in [4.69, 9.17) is 28.9 Å². The van der Waals surface area contributed by atoms with Crippen molar-refractivity contribution in [2.45, 2.75) is 102 Å². The number of carbonyl (C=O) groups is 3. The first-order valence-corrected chi connectivity index (χ1v) is 27.4. The SMILES string of the molecule is CO[C@@H](C)COc1nc(N(C)[C@H]2CCNC2)c2cc(C3CC3)c(-c3c(C)c(F)cc4[nH]ncc34)c(OCc3ccc(-c4cn([C@H](C(=O)N5C[C@H](O)C[C@H]5C(=O)N[C@@H](CO)c5ccc(N6CCOC6=O)cc5)C(C)C)nn4)cc3)c2n1. The van der Waals surface area contributed by atoms with Crippen LogP contribution in [0.25, 0.3) is 44.2 Å². The highest BCUT2D eigenvalue weighted by Gasteiger charge is 2.43. The molecule has 5 N–H and O–H groups in total. The van der Waals surface area contributed by atoms with E-state index in [0.29, 0.717) is 57.2 Å². The molecule has 420 valence electrons. The number of aromatic nitrogens is 7. The zero-order valence-corrected chi connectivity index (χ0v) is 45.7. The number of cyclic esters (lactones) is 1. The number of likely N-dealkylation sites (tertiary alicyclic amines) is 1. The van der Waals surface area contributed by atoms with Crippen LogP contribution in [0, 0.1) is 18.7 Å². The molecule has 4 aromatic carbocycles. The monoisotopic (exact) mass is 1090 g/mol. The maximum absolute atomic E-state index is 16.1. The molecule has 3 saturated heterocycles. The number of aromatic amines is 1. The number of β-amino-alcohol motifs (C(OH)–C–C–N with tert-alkyl or cyclic N) is 1. The van der Waals surface area contributed by atoms with E-state index in [1.807, 2.05) is 52.1 Å². The van der Waals surface area contributed by atoms with Crippen LogP contribution in [0.15, 0.2) is 73.1 Å². The molecule has 7 aromatic rings. The zero-order chi connectivity index (χ0) is 55.9. The van der Waals surface area contributed by atoms with Gasteiger partial charge in [-0.15, -0.1) is 5.10 Å². The molecular formula is C58H67FN12O9. The average Bonchev–Trinajstić information content (AvgIpc) is 3.62. The van der Waals surface area contributed by atoms with Crippen molar-refractivity contribution >= 4 is 51.2 Å². The third kappa shape index (κ3) is 10.7. The van der Waals surface area contributed by atoms with Gasteiger partial charge >= 0.3 is 12.1 Å². The predicted octanol–water partition coefficient (Wildman–Crippen LogP) is 6.51. The molecule has 80 heavy (non-hydrogen) atoms. The molecule has 3 aliphatic heterocycles. The standard InChI is InChI=1S/C58H67FN12O9/c1-31(2)52(56(75)70-26-40(73)21-48(70)55(74)62-47(28-72)37-13-15-38(16-14-37)69-19-20-78-58(69)76)71-27-46(66-67-71)36-9-7-34(8-10-36)30-79-53-50(49-33(4)44(59)23-45-43(49)25-61-65-45)41(35-11-12-35)22-42-51(53)63-57(80-29-32(3)77-6)64-54(42)68(5)39-17-18-60-24-39/h7-10,13-16,22-23,25,27,31-32,35,39-40,47-48,52,60,72-73H,11-12,17-21,24,26,28-30H2,1-6H3,(H,61,65)(H,62,74)/t32-,39-,40+,47-,48-,52-/m0/s1. The Kier molecular flexibility index (Phi) is 15.4. The number of benzene rings is 4. The number of rotatable bonds is 20. The van der Waals surface area contributed by atoms with Gasteiger partial charge in [0.05, 0.1) is 49.3 Å². The average molecular weight is 1100 g/mol. The van der Waals surface area contributed by atoms with Crippen LogP contribution in [0.5, 0.6) is 11.8 Å². The van der Waals surface area contributed by atoms with Gasteiger partial charge in [-0.1, -0.05) is 55.5 Å². The Morgan fingerprint density at radius 1 is 1.01 bits per heavy atom. The lowest BCUT2D eigenvalue weighted by atomic mass is 9.88. The molecule has 4 aliphatic rings. The number of nitrogens with one attached hydrogen (secondary N) is 3. The van der Waals surface area contributed by atoms with Gasteiger partial charge < -0.3 is 49.6 Å². The van der Waals surface area contributed by atoms with Gasteiger partial charge in [0.15, 0.2) is 5.75 Å². The lowest BCUT2D eigenvalue weighted by Crippen LogP contribution is -2.50. The summed E-state index contributed by atoms with van der Waals surface area (Å²) in [5, 5.41) is 45.4. The maximum Gasteiger partial charge on any atom is 0.414 e. The number of ether oxygens (including phenoxy) is 4. The van der Waals surface area contributed by atoms with Crippen molar-refractivity contribution in [1.82, 2.24) is 50.7 Å². The van der Waals surface area contributed by atoms with Crippen molar-refractivity contribution in [3.05, 3.63) is 101 Å². The lowest BCUT2D eigenvalue weighted by molar-refractivity contribution is -0.142. The first-order valence-electron chi connectivity index (χ1n) is 27.4. The van der Waals surface area contributed by atoms with Crippen LogP contribution < -0.4 is 29.9 Å². The van der Waals surface area contributed by atoms with Crippen LogP contribution in [0.2, 0.25) is 0 Å². The van der Waals surface area contributed by atoms with E-state index in [1.54, 1.807) is 50.7 Å². The van der Waals surface area contributed by atoms with E-state index in [0.717, 1.165) is 65.4 Å². The van der Waals surface area contributed by atoms with Crippen LogP contribution in [0.1, 0.15) is 86.7 Å². The van der Waals surface area contributed by atoms with Crippen molar-refractivity contribution in [3.8, 4) is 34.1 Å². The number of anilines is 2. The van der Waals surface area contributed by atoms with Crippen molar-refractivity contribution in [2.24, 2.45) is 5.92 Å². The summed E-state index contributed by atoms with van der Waals surface area (Å²) in [7, 11) is 3.67. The quantitative estimate of drug-likeness (QED) is 0.0546. The third-order valence-electron chi connectivity index (χ3n) is 16.0. The Balaban J connectivity index is 0.869. The van der Waals surface area contributed by atoms with E-state index >= 15 is 4.39 Å². The molecule has 6 heterocycles. The minimum absolute atomic E-state index is 0.00549. The molecule has 3 amide bonds. The molecule has 0 spiro atoms. The molecule has 3 aromatic heterocycles. The summed E-state index contributed by atoms with van der Waals surface area (Å²) in [5.74, 6) is -0.245. The summed E-state index contributed by atoms with van der Waals surface area (Å²) in [6.45, 7) is 9.64. The Bertz CT molecular complexity index is 3420. The fraction of sp³-hybridized carbons (Fsp3) is 0.448. The van der Waals surface area contributed by atoms with Gasteiger partial charge in [0.2, 0.25) is 11.8 Å². The molecule has 22 heteroatoms. The Hall–Kier alpha value is -7.79. The van der Waals surface area contributed by atoms with Gasteiger partial charge in [0.1, 0.15) is 54.8 Å². The Morgan fingerprint density at radius 3 is 2.49 bits per heavy atom. The molecule has 0 unspecified atom stereocenters. The highest BCUT2D eigenvalue weighted by atomic mass is 19.1. The van der Waals surface area contributed by atoms with Crippen LogP contribution in [-0.4, -0.2) is 153 Å². The van der Waals surface area contributed by atoms with E-state index in [9.17, 15) is 24.6 Å². The van der Waals surface area contributed by atoms with Crippen LogP contribution in [-0.2, 0) is 25.7 Å². The van der Waals surface area contributed by atoms with Crippen molar-refractivity contribution in [1.29, 1.82) is 0 Å². The number of nitrogens with zero attached hydrogens (tertiary/aromatic N) is 9. The van der Waals surface area contributed by atoms with Gasteiger partial charge in [0.25, 0.3) is 0 Å². The number of aliphatic hydroxyl groups excluding tert-OH is 2. The Labute approximate surface area is 461 Å². The van der Waals surface area contributed by atoms with Crippen molar-refractivity contribution in [2.75, 3.05) is 70.0 Å². The Morgan fingerprint density at radius 2 is 1.80 bits per heavy atom. The topological polar surface area (TPSA) is 248 Å². The largest absolute Gasteiger partial charge is 0.486 e. The molecular weight excluding hydrogens is 1030 g/mol. The second-order valence-electron chi connectivity index (χ2n) is 21.7. The van der Waals surface area contributed by atoms with Gasteiger partial charge in [-0.25, -0.2) is 13.9 Å². The summed E-state index contributed by atoms with van der Waals surface area (Å²) in [6, 6.07) is 15.8. The minimum atomic E-state index is -1.02. The van der Waals surface area contributed by atoms with Crippen molar-refractivity contribution < 1.29 is 47.9 Å². The fourth-order valence-electron chi connectivity index (χ4n) is 11.2. The van der Waals surface area contributed by atoms with Gasteiger partial charge in [-0.05, 0) is 98.0 Å². The van der Waals surface area contributed by atoms with E-state index in [1.165, 1.54) is 20.5 Å². The number of methoxy groups -OCH3 is 1. The molecule has 1 aliphatic carbocycles. The zero-order valence-electron chi connectivity index (χ0n) is 45.7. The predicted molar refractivity (Wildman–Crippen MR) is 296 cm³/mol. The van der Waals surface area contributed by atoms with Gasteiger partial charge in [-0.2, -0.15) is 15.1 Å². The number of H-pyrrole nitrogens is 1. The number of fused-ring (bicyclic) bond motifs is 2. The lowest BCUT2D eigenvalue weighted by Gasteiger charge is -2.30. The summed E-state index contributed by atoms with van der Waals surface area (Å²) in [6.07, 6.45) is 4.64. The molecule has 11 rings (SSSR count). The molecule has 21 nitrogen and oxygen atoms in total. The summed E-state index contributed by atoms with van der Waals surface area (Å²) in [4.78, 5) is 55.9. The van der Waals surface area contributed by atoms with Crippen LogP contribution >= 0.6 is 0 Å². The first-order chi connectivity index (χ1) is 38.7. The van der Waals surface area contributed by atoms with Crippen LogP contribution in [0.3, 0.4) is 0 Å². The minimum Gasteiger partial charge on any atom is -0.486 e. The summed E-state index contributed by atoms with van der Waals surface area (Å²) in [5.41, 5.74) is 7.25.